The Kier molecular flexibility index (Phi) is 6.03. The van der Waals surface area contributed by atoms with Gasteiger partial charge >= 0.3 is 5.97 Å². The van der Waals surface area contributed by atoms with Crippen LogP contribution >= 0.6 is 0 Å². The van der Waals surface area contributed by atoms with Crippen LogP contribution in [0.15, 0.2) is 84.9 Å². The lowest BCUT2D eigenvalue weighted by Crippen LogP contribution is -2.12. The van der Waals surface area contributed by atoms with E-state index in [0.717, 1.165) is 16.8 Å². The summed E-state index contributed by atoms with van der Waals surface area (Å²) in [7, 11) is 1.30. The second-order valence-corrected chi connectivity index (χ2v) is 7.13. The van der Waals surface area contributed by atoms with Gasteiger partial charge in [0.1, 0.15) is 0 Å². The second kappa shape index (κ2) is 9.22. The fourth-order valence-corrected chi connectivity index (χ4v) is 3.35. The number of aromatic nitrogens is 2. The predicted octanol–water partition coefficient (Wildman–Crippen LogP) is 5.22. The van der Waals surface area contributed by atoms with E-state index < -0.39 is 5.97 Å². The third kappa shape index (κ3) is 4.54. The fraction of sp³-hybridized carbons (Fsp3) is 0.0769. The Labute approximate surface area is 185 Å². The molecule has 0 unspecified atom stereocenters. The number of carbonyl (C=O) groups excluding carboxylic acids is 2. The monoisotopic (exact) mass is 423 g/mol. The number of nitrogens with zero attached hydrogens (tertiary/aromatic N) is 2. The Morgan fingerprint density at radius 1 is 0.750 bits per heavy atom. The van der Waals surface area contributed by atoms with E-state index in [1.807, 2.05) is 72.8 Å². The van der Waals surface area contributed by atoms with Gasteiger partial charge in [0.15, 0.2) is 5.82 Å². The molecular formula is C26H21N3O3. The molecule has 158 valence electrons. The molecule has 4 aromatic rings. The zero-order valence-corrected chi connectivity index (χ0v) is 17.7. The van der Waals surface area contributed by atoms with E-state index in [-0.39, 0.29) is 11.5 Å². The quantitative estimate of drug-likeness (QED) is 0.445. The molecule has 6 nitrogen and oxygen atoms in total. The second-order valence-electron chi connectivity index (χ2n) is 7.13. The van der Waals surface area contributed by atoms with E-state index in [1.54, 1.807) is 12.1 Å². The number of nitrogens with one attached hydrogen (secondary N) is 1. The van der Waals surface area contributed by atoms with E-state index in [0.29, 0.717) is 22.8 Å². The molecule has 1 N–H and O–H groups in total. The topological polar surface area (TPSA) is 81.2 Å². The van der Waals surface area contributed by atoms with Gasteiger partial charge in [-0.15, -0.1) is 0 Å². The number of methoxy groups -OCH3 is 1. The van der Waals surface area contributed by atoms with Crippen molar-refractivity contribution in [2.24, 2.45) is 0 Å². The molecule has 4 rings (SSSR count). The number of esters is 1. The van der Waals surface area contributed by atoms with E-state index >= 15 is 0 Å². The molecule has 6 heteroatoms. The number of anilines is 1. The van der Waals surface area contributed by atoms with Gasteiger partial charge in [-0.2, -0.15) is 0 Å². The lowest BCUT2D eigenvalue weighted by atomic mass is 10.0. The number of hydrogen-bond donors (Lipinski definition) is 1. The van der Waals surface area contributed by atoms with Crippen molar-refractivity contribution in [1.29, 1.82) is 0 Å². The van der Waals surface area contributed by atoms with Crippen molar-refractivity contribution in [2.75, 3.05) is 12.4 Å². The van der Waals surface area contributed by atoms with Crippen LogP contribution in [-0.2, 0) is 9.53 Å². The molecule has 0 atom stereocenters. The van der Waals surface area contributed by atoms with Crippen LogP contribution in [-0.4, -0.2) is 29.0 Å². The molecule has 0 spiro atoms. The third-order valence-corrected chi connectivity index (χ3v) is 4.86. The molecule has 1 amide bonds. The molecule has 1 aromatic heterocycles. The van der Waals surface area contributed by atoms with E-state index in [2.05, 4.69) is 5.32 Å². The smallest absolute Gasteiger partial charge is 0.339 e. The molecule has 3 aromatic carbocycles. The van der Waals surface area contributed by atoms with E-state index in [9.17, 15) is 9.59 Å². The Balaban J connectivity index is 1.89. The van der Waals surface area contributed by atoms with Crippen molar-refractivity contribution < 1.29 is 14.3 Å². The van der Waals surface area contributed by atoms with Gasteiger partial charge in [-0.05, 0) is 18.2 Å². The third-order valence-electron chi connectivity index (χ3n) is 4.86. The van der Waals surface area contributed by atoms with Crippen LogP contribution in [0.5, 0.6) is 0 Å². The Morgan fingerprint density at radius 3 is 1.94 bits per heavy atom. The number of rotatable bonds is 5. The van der Waals surface area contributed by atoms with Gasteiger partial charge in [0.25, 0.3) is 0 Å². The van der Waals surface area contributed by atoms with Gasteiger partial charge in [0.05, 0.1) is 29.7 Å². The van der Waals surface area contributed by atoms with Crippen LogP contribution in [0.4, 0.5) is 5.69 Å². The largest absolute Gasteiger partial charge is 0.465 e. The summed E-state index contributed by atoms with van der Waals surface area (Å²) in [5.41, 5.74) is 4.59. The van der Waals surface area contributed by atoms with Crippen LogP contribution in [0.25, 0.3) is 33.9 Å². The summed E-state index contributed by atoms with van der Waals surface area (Å²) in [4.78, 5) is 33.5. The molecule has 0 aliphatic heterocycles. The first-order chi connectivity index (χ1) is 15.5. The van der Waals surface area contributed by atoms with Gasteiger partial charge in [0, 0.05) is 23.6 Å². The average molecular weight is 423 g/mol. The average Bonchev–Trinajstić information content (AvgIpc) is 2.84. The minimum atomic E-state index is -0.545. The molecule has 1 heterocycles. The molecule has 32 heavy (non-hydrogen) atoms. The Bertz CT molecular complexity index is 1210. The SMILES string of the molecule is COC(=O)c1cc(-c2cc(-c3ccccc3)nc(-c3ccccc3)n2)ccc1NC(C)=O. The minimum absolute atomic E-state index is 0.251. The highest BCUT2D eigenvalue weighted by molar-refractivity contribution is 6.01. The van der Waals surface area contributed by atoms with Crippen LogP contribution in [0.2, 0.25) is 0 Å². The van der Waals surface area contributed by atoms with Crippen molar-refractivity contribution in [3.8, 4) is 33.9 Å². The highest BCUT2D eigenvalue weighted by atomic mass is 16.5. The number of carbonyl (C=O) groups is 2. The highest BCUT2D eigenvalue weighted by Crippen LogP contribution is 2.30. The van der Waals surface area contributed by atoms with Gasteiger partial charge in [-0.25, -0.2) is 14.8 Å². The summed E-state index contributed by atoms with van der Waals surface area (Å²) in [6, 6.07) is 26.6. The molecule has 0 bridgehead atoms. The molecule has 0 saturated carbocycles. The first-order valence-electron chi connectivity index (χ1n) is 10.1. The lowest BCUT2D eigenvalue weighted by Gasteiger charge is -2.12. The molecule has 0 radical (unpaired) electrons. The minimum Gasteiger partial charge on any atom is -0.465 e. The first kappa shape index (κ1) is 20.9. The Morgan fingerprint density at radius 2 is 1.34 bits per heavy atom. The maximum absolute atomic E-state index is 12.4. The lowest BCUT2D eigenvalue weighted by molar-refractivity contribution is -0.114. The van der Waals surface area contributed by atoms with Crippen LogP contribution in [0, 0.1) is 0 Å². The number of amides is 1. The van der Waals surface area contributed by atoms with Crippen molar-refractivity contribution in [1.82, 2.24) is 9.97 Å². The summed E-state index contributed by atoms with van der Waals surface area (Å²) in [5.74, 6) is -0.244. The zero-order valence-electron chi connectivity index (χ0n) is 17.7. The standard InChI is InChI=1S/C26H21N3O3/c1-17(30)27-22-14-13-20(15-21(22)26(31)32-2)24-16-23(18-9-5-3-6-10-18)28-25(29-24)19-11-7-4-8-12-19/h3-16H,1-2H3,(H,27,30). The normalized spacial score (nSPS) is 10.4. The highest BCUT2D eigenvalue weighted by Gasteiger charge is 2.16. The van der Waals surface area contributed by atoms with E-state index in [4.69, 9.17) is 14.7 Å². The molecule has 0 aliphatic carbocycles. The van der Waals surface area contributed by atoms with Crippen LogP contribution in [0.3, 0.4) is 0 Å². The van der Waals surface area contributed by atoms with Gasteiger partial charge in [-0.3, -0.25) is 4.79 Å². The molecule has 0 saturated heterocycles. The van der Waals surface area contributed by atoms with E-state index in [1.165, 1.54) is 14.0 Å². The summed E-state index contributed by atoms with van der Waals surface area (Å²) >= 11 is 0. The fourth-order valence-electron chi connectivity index (χ4n) is 3.35. The molecular weight excluding hydrogens is 402 g/mol. The summed E-state index contributed by atoms with van der Waals surface area (Å²) < 4.78 is 4.91. The van der Waals surface area contributed by atoms with Gasteiger partial charge in [0.2, 0.25) is 5.91 Å². The summed E-state index contributed by atoms with van der Waals surface area (Å²) in [6.07, 6.45) is 0. The number of ether oxygens (including phenoxy) is 1. The first-order valence-corrected chi connectivity index (χ1v) is 10.1. The van der Waals surface area contributed by atoms with Gasteiger partial charge < -0.3 is 10.1 Å². The van der Waals surface area contributed by atoms with Crippen LogP contribution < -0.4 is 5.32 Å². The van der Waals surface area contributed by atoms with Crippen molar-refractivity contribution >= 4 is 17.6 Å². The van der Waals surface area contributed by atoms with Gasteiger partial charge in [-0.1, -0.05) is 66.7 Å². The van der Waals surface area contributed by atoms with Crippen molar-refractivity contribution in [2.45, 2.75) is 6.92 Å². The molecule has 0 aliphatic rings. The Hall–Kier alpha value is -4.32. The number of hydrogen-bond acceptors (Lipinski definition) is 5. The van der Waals surface area contributed by atoms with Crippen molar-refractivity contribution in [3.05, 3.63) is 90.5 Å². The predicted molar refractivity (Wildman–Crippen MR) is 124 cm³/mol. The number of benzene rings is 3. The zero-order chi connectivity index (χ0) is 22.5. The summed E-state index contributed by atoms with van der Waals surface area (Å²) in [6.45, 7) is 1.39. The van der Waals surface area contributed by atoms with Crippen LogP contribution in [0.1, 0.15) is 17.3 Å². The maximum Gasteiger partial charge on any atom is 0.339 e. The maximum atomic E-state index is 12.4. The van der Waals surface area contributed by atoms with Crippen molar-refractivity contribution in [3.63, 3.8) is 0 Å². The molecule has 0 fully saturated rings. The summed E-state index contributed by atoms with van der Waals surface area (Å²) in [5, 5.41) is 2.67.